The molecule has 2 atom stereocenters. The molecule has 0 radical (unpaired) electrons. The Hall–Kier alpha value is -1.22. The second-order valence-electron chi connectivity index (χ2n) is 3.96. The molecule has 0 bridgehead atoms. The molecule has 0 spiro atoms. The molecular weight excluding hydrogens is 214 g/mol. The minimum absolute atomic E-state index is 0.145. The van der Waals surface area contributed by atoms with E-state index in [1.807, 2.05) is 0 Å². The highest BCUT2D eigenvalue weighted by Crippen LogP contribution is 2.33. The number of aromatic carboxylic acids is 1. The van der Waals surface area contributed by atoms with E-state index in [9.17, 15) is 4.79 Å². The highest BCUT2D eigenvalue weighted by Gasteiger charge is 2.32. The summed E-state index contributed by atoms with van der Waals surface area (Å²) in [5.41, 5.74) is 1.03. The van der Waals surface area contributed by atoms with Crippen LogP contribution in [-0.4, -0.2) is 17.1 Å². The van der Waals surface area contributed by atoms with Crippen LogP contribution in [0.2, 0.25) is 5.02 Å². The first-order valence-electron chi connectivity index (χ1n) is 4.87. The van der Waals surface area contributed by atoms with Crippen LogP contribution >= 0.6 is 11.6 Å². The molecule has 3 nitrogen and oxygen atoms in total. The Balaban J connectivity index is 2.14. The normalized spacial score (nSPS) is 23.6. The number of hydrogen-bond donors (Lipinski definition) is 2. The van der Waals surface area contributed by atoms with Crippen LogP contribution in [0.15, 0.2) is 18.2 Å². The molecule has 1 saturated carbocycles. The van der Waals surface area contributed by atoms with E-state index in [0.29, 0.717) is 12.0 Å². The van der Waals surface area contributed by atoms with Crippen LogP contribution in [-0.2, 0) is 0 Å². The van der Waals surface area contributed by atoms with Gasteiger partial charge in [-0.05, 0) is 30.5 Å². The molecule has 2 unspecified atom stereocenters. The maximum absolute atomic E-state index is 10.7. The lowest BCUT2D eigenvalue weighted by Crippen LogP contribution is -2.04. The summed E-state index contributed by atoms with van der Waals surface area (Å²) >= 11 is 5.84. The summed E-state index contributed by atoms with van der Waals surface area (Å²) in [4.78, 5) is 10.7. The minimum atomic E-state index is -0.994. The third kappa shape index (κ3) is 2.23. The molecule has 15 heavy (non-hydrogen) atoms. The molecule has 0 aliphatic heterocycles. The number of nitrogens with one attached hydrogen (secondary N) is 1. The van der Waals surface area contributed by atoms with Crippen LogP contribution in [0.5, 0.6) is 0 Å². The van der Waals surface area contributed by atoms with Crippen molar-refractivity contribution >= 4 is 23.3 Å². The monoisotopic (exact) mass is 225 g/mol. The van der Waals surface area contributed by atoms with Crippen LogP contribution < -0.4 is 5.32 Å². The van der Waals surface area contributed by atoms with Gasteiger partial charge in [-0.1, -0.05) is 18.5 Å². The first-order valence-corrected chi connectivity index (χ1v) is 5.25. The standard InChI is InChI=1S/C11H12ClNO2/c1-6-4-10(6)13-7-2-3-8(11(14)15)9(12)5-7/h2-3,5-6,10,13H,4H2,1H3,(H,14,15). The van der Waals surface area contributed by atoms with Crippen LogP contribution in [0, 0.1) is 5.92 Å². The number of anilines is 1. The van der Waals surface area contributed by atoms with Gasteiger partial charge in [-0.2, -0.15) is 0 Å². The number of carbonyl (C=O) groups is 1. The van der Waals surface area contributed by atoms with Gasteiger partial charge in [-0.15, -0.1) is 0 Å². The molecule has 2 N–H and O–H groups in total. The molecule has 0 saturated heterocycles. The number of carboxylic acid groups (broad SMARTS) is 1. The number of rotatable bonds is 3. The maximum atomic E-state index is 10.7. The molecule has 1 aromatic carbocycles. The maximum Gasteiger partial charge on any atom is 0.337 e. The average Bonchev–Trinajstić information content (AvgIpc) is 2.81. The first kappa shape index (κ1) is 10.3. The van der Waals surface area contributed by atoms with Crippen molar-refractivity contribution in [3.05, 3.63) is 28.8 Å². The van der Waals surface area contributed by atoms with Crippen LogP contribution in [0.1, 0.15) is 23.7 Å². The molecule has 1 fully saturated rings. The van der Waals surface area contributed by atoms with Crippen molar-refractivity contribution in [3.63, 3.8) is 0 Å². The van der Waals surface area contributed by atoms with Crippen molar-refractivity contribution in [2.45, 2.75) is 19.4 Å². The van der Waals surface area contributed by atoms with Gasteiger partial charge < -0.3 is 10.4 Å². The Kier molecular flexibility index (Phi) is 2.57. The summed E-state index contributed by atoms with van der Waals surface area (Å²) in [6, 6.07) is 5.45. The zero-order valence-electron chi connectivity index (χ0n) is 8.33. The highest BCUT2D eigenvalue weighted by molar-refractivity contribution is 6.33. The van der Waals surface area contributed by atoms with E-state index in [1.54, 1.807) is 12.1 Å². The Bertz CT molecular complexity index is 406. The summed E-state index contributed by atoms with van der Waals surface area (Å²) in [5.74, 6) is -0.297. The number of hydrogen-bond acceptors (Lipinski definition) is 2. The smallest absolute Gasteiger partial charge is 0.337 e. The lowest BCUT2D eigenvalue weighted by atomic mass is 10.2. The fourth-order valence-electron chi connectivity index (χ4n) is 1.52. The fourth-order valence-corrected chi connectivity index (χ4v) is 1.78. The molecular formula is C11H12ClNO2. The molecule has 80 valence electrons. The molecule has 0 amide bonds. The van der Waals surface area contributed by atoms with Gasteiger partial charge in [-0.3, -0.25) is 0 Å². The summed E-state index contributed by atoms with van der Waals surface area (Å²) in [6.45, 7) is 2.17. The van der Waals surface area contributed by atoms with Gasteiger partial charge in [0.25, 0.3) is 0 Å². The van der Waals surface area contributed by atoms with E-state index in [2.05, 4.69) is 12.2 Å². The van der Waals surface area contributed by atoms with E-state index in [1.165, 1.54) is 6.07 Å². The number of halogens is 1. The molecule has 0 heterocycles. The minimum Gasteiger partial charge on any atom is -0.478 e. The van der Waals surface area contributed by atoms with Gasteiger partial charge >= 0.3 is 5.97 Å². The highest BCUT2D eigenvalue weighted by atomic mass is 35.5. The predicted octanol–water partition coefficient (Wildman–Crippen LogP) is 2.86. The third-order valence-corrected chi connectivity index (χ3v) is 2.97. The van der Waals surface area contributed by atoms with Gasteiger partial charge in [0, 0.05) is 11.7 Å². The van der Waals surface area contributed by atoms with E-state index in [-0.39, 0.29) is 10.6 Å². The Morgan fingerprint density at radius 3 is 2.73 bits per heavy atom. The lowest BCUT2D eigenvalue weighted by Gasteiger charge is -2.06. The number of carboxylic acids is 1. The van der Waals surface area contributed by atoms with Crippen molar-refractivity contribution < 1.29 is 9.90 Å². The third-order valence-electron chi connectivity index (χ3n) is 2.66. The molecule has 1 aromatic rings. The average molecular weight is 226 g/mol. The first-order chi connectivity index (χ1) is 7.08. The van der Waals surface area contributed by atoms with E-state index < -0.39 is 5.97 Å². The zero-order valence-corrected chi connectivity index (χ0v) is 9.08. The Morgan fingerprint density at radius 1 is 1.60 bits per heavy atom. The van der Waals surface area contributed by atoms with Crippen molar-refractivity contribution in [1.29, 1.82) is 0 Å². The van der Waals surface area contributed by atoms with E-state index >= 15 is 0 Å². The topological polar surface area (TPSA) is 49.3 Å². The van der Waals surface area contributed by atoms with Crippen LogP contribution in [0.4, 0.5) is 5.69 Å². The lowest BCUT2D eigenvalue weighted by molar-refractivity contribution is 0.0697. The zero-order chi connectivity index (χ0) is 11.0. The Labute approximate surface area is 93.1 Å². The quantitative estimate of drug-likeness (QED) is 0.832. The van der Waals surface area contributed by atoms with Gasteiger partial charge in [0.1, 0.15) is 0 Å². The summed E-state index contributed by atoms with van der Waals surface area (Å²) in [5, 5.41) is 12.4. The molecule has 0 aromatic heterocycles. The molecule has 1 aliphatic rings. The van der Waals surface area contributed by atoms with Gasteiger partial charge in [0.05, 0.1) is 10.6 Å². The SMILES string of the molecule is CC1CC1Nc1ccc(C(=O)O)c(Cl)c1. The predicted molar refractivity (Wildman–Crippen MR) is 59.6 cm³/mol. The largest absolute Gasteiger partial charge is 0.478 e. The van der Waals surface area contributed by atoms with Crippen molar-refractivity contribution in [3.8, 4) is 0 Å². The van der Waals surface area contributed by atoms with E-state index in [0.717, 1.165) is 12.1 Å². The second kappa shape index (κ2) is 3.74. The van der Waals surface area contributed by atoms with E-state index in [4.69, 9.17) is 16.7 Å². The van der Waals surface area contributed by atoms with Gasteiger partial charge in [0.2, 0.25) is 0 Å². The number of benzene rings is 1. The summed E-state index contributed by atoms with van der Waals surface area (Å²) in [6.07, 6.45) is 1.16. The van der Waals surface area contributed by atoms with Crippen molar-refractivity contribution in [2.75, 3.05) is 5.32 Å². The molecule has 4 heteroatoms. The molecule has 1 aliphatic carbocycles. The van der Waals surface area contributed by atoms with Gasteiger partial charge in [-0.25, -0.2) is 4.79 Å². The molecule has 2 rings (SSSR count). The van der Waals surface area contributed by atoms with Crippen LogP contribution in [0.3, 0.4) is 0 Å². The Morgan fingerprint density at radius 2 is 2.27 bits per heavy atom. The second-order valence-corrected chi connectivity index (χ2v) is 4.37. The van der Waals surface area contributed by atoms with Gasteiger partial charge in [0.15, 0.2) is 0 Å². The van der Waals surface area contributed by atoms with Crippen LogP contribution in [0.25, 0.3) is 0 Å². The fraction of sp³-hybridized carbons (Fsp3) is 0.364. The van der Waals surface area contributed by atoms with Crippen molar-refractivity contribution in [2.24, 2.45) is 5.92 Å². The summed E-state index contributed by atoms with van der Waals surface area (Å²) < 4.78 is 0. The summed E-state index contributed by atoms with van der Waals surface area (Å²) in [7, 11) is 0. The van der Waals surface area contributed by atoms with Crippen molar-refractivity contribution in [1.82, 2.24) is 0 Å².